The number of amides is 1. The number of nitrogens with zero attached hydrogens (tertiary/aromatic N) is 2. The second kappa shape index (κ2) is 6.87. The molecule has 1 aliphatic carbocycles. The topological polar surface area (TPSA) is 66.9 Å². The largest absolute Gasteiger partial charge is 0.326 e. The number of hydrogen-bond acceptors (Lipinski definition) is 4. The molecule has 1 aliphatic heterocycles. The fraction of sp³-hybridized carbons (Fsp3) is 0.389. The van der Waals surface area contributed by atoms with Gasteiger partial charge in [-0.2, -0.15) is 0 Å². The SMILES string of the molecule is Cl.O=C(Nc1ccc(-c2cncnc2)cc1)C1CC12CCNCC2. The van der Waals surface area contributed by atoms with Gasteiger partial charge in [0, 0.05) is 29.6 Å². The molecule has 126 valence electrons. The van der Waals surface area contributed by atoms with E-state index in [-0.39, 0.29) is 29.6 Å². The zero-order valence-corrected chi connectivity index (χ0v) is 14.2. The van der Waals surface area contributed by atoms with Crippen LogP contribution < -0.4 is 10.6 Å². The van der Waals surface area contributed by atoms with Gasteiger partial charge in [0.2, 0.25) is 5.91 Å². The first kappa shape index (κ1) is 16.9. The van der Waals surface area contributed by atoms with Gasteiger partial charge in [0.15, 0.2) is 0 Å². The van der Waals surface area contributed by atoms with Crippen LogP contribution in [0.5, 0.6) is 0 Å². The van der Waals surface area contributed by atoms with E-state index in [0.717, 1.165) is 49.2 Å². The summed E-state index contributed by atoms with van der Waals surface area (Å²) in [7, 11) is 0. The second-order valence-corrected chi connectivity index (χ2v) is 6.56. The molecule has 2 N–H and O–H groups in total. The summed E-state index contributed by atoms with van der Waals surface area (Å²) in [5.74, 6) is 0.356. The van der Waals surface area contributed by atoms with Gasteiger partial charge < -0.3 is 10.6 Å². The zero-order valence-electron chi connectivity index (χ0n) is 13.4. The number of benzene rings is 1. The highest BCUT2D eigenvalue weighted by Gasteiger charge is 2.57. The van der Waals surface area contributed by atoms with Gasteiger partial charge in [-0.3, -0.25) is 4.79 Å². The number of anilines is 1. The van der Waals surface area contributed by atoms with E-state index in [4.69, 9.17) is 0 Å². The molecule has 1 saturated carbocycles. The van der Waals surface area contributed by atoms with Crippen molar-refractivity contribution < 1.29 is 4.79 Å². The summed E-state index contributed by atoms with van der Waals surface area (Å²) in [6, 6.07) is 7.86. The van der Waals surface area contributed by atoms with E-state index in [1.807, 2.05) is 24.3 Å². The second-order valence-electron chi connectivity index (χ2n) is 6.56. The smallest absolute Gasteiger partial charge is 0.228 e. The average molecular weight is 345 g/mol. The van der Waals surface area contributed by atoms with Gasteiger partial charge in [-0.25, -0.2) is 9.97 Å². The number of aromatic nitrogens is 2. The van der Waals surface area contributed by atoms with Crippen LogP contribution in [-0.2, 0) is 4.79 Å². The highest BCUT2D eigenvalue weighted by atomic mass is 35.5. The van der Waals surface area contributed by atoms with Crippen LogP contribution in [0.4, 0.5) is 5.69 Å². The summed E-state index contributed by atoms with van der Waals surface area (Å²) in [4.78, 5) is 20.5. The Morgan fingerprint density at radius 2 is 1.75 bits per heavy atom. The molecule has 24 heavy (non-hydrogen) atoms. The molecule has 1 spiro atoms. The average Bonchev–Trinajstić information content (AvgIpc) is 3.30. The van der Waals surface area contributed by atoms with Gasteiger partial charge in [-0.05, 0) is 55.5 Å². The molecule has 2 fully saturated rings. The standard InChI is InChI=1S/C18H20N4O.ClH/c23-17(16-9-18(16)5-7-19-8-6-18)22-15-3-1-13(2-4-15)14-10-20-12-21-11-14;/h1-4,10-12,16,19H,5-9H2,(H,22,23);1H. The molecule has 0 radical (unpaired) electrons. The Morgan fingerprint density at radius 1 is 1.08 bits per heavy atom. The maximum atomic E-state index is 12.5. The summed E-state index contributed by atoms with van der Waals surface area (Å²) >= 11 is 0. The Kier molecular flexibility index (Phi) is 4.83. The lowest BCUT2D eigenvalue weighted by atomic mass is 9.92. The molecule has 5 nitrogen and oxygen atoms in total. The molecule has 1 aromatic heterocycles. The normalized spacial score (nSPS) is 20.9. The first-order valence-electron chi connectivity index (χ1n) is 8.14. The number of halogens is 1. The van der Waals surface area contributed by atoms with Crippen molar-refractivity contribution in [2.75, 3.05) is 18.4 Å². The third-order valence-electron chi connectivity index (χ3n) is 5.15. The van der Waals surface area contributed by atoms with Crippen LogP contribution in [0.2, 0.25) is 0 Å². The Morgan fingerprint density at radius 3 is 2.42 bits per heavy atom. The number of rotatable bonds is 3. The van der Waals surface area contributed by atoms with Crippen LogP contribution >= 0.6 is 12.4 Å². The highest BCUT2D eigenvalue weighted by Crippen LogP contribution is 2.58. The molecule has 6 heteroatoms. The van der Waals surface area contributed by atoms with Crippen LogP contribution in [0.1, 0.15) is 19.3 Å². The molecular weight excluding hydrogens is 324 g/mol. The number of nitrogens with one attached hydrogen (secondary N) is 2. The van der Waals surface area contributed by atoms with E-state index in [1.54, 1.807) is 12.4 Å². The van der Waals surface area contributed by atoms with Gasteiger partial charge in [0.25, 0.3) is 0 Å². The first-order chi connectivity index (χ1) is 11.3. The Bertz CT molecular complexity index is 699. The Labute approximate surface area is 147 Å². The summed E-state index contributed by atoms with van der Waals surface area (Å²) < 4.78 is 0. The van der Waals surface area contributed by atoms with E-state index in [2.05, 4.69) is 20.6 Å². The van der Waals surface area contributed by atoms with Crippen molar-refractivity contribution in [2.45, 2.75) is 19.3 Å². The summed E-state index contributed by atoms with van der Waals surface area (Å²) in [6.07, 6.45) is 8.37. The van der Waals surface area contributed by atoms with Gasteiger partial charge in [0.1, 0.15) is 6.33 Å². The molecule has 4 rings (SSSR count). The lowest BCUT2D eigenvalue weighted by molar-refractivity contribution is -0.118. The molecule has 2 aliphatic rings. The highest BCUT2D eigenvalue weighted by molar-refractivity contribution is 5.95. The van der Waals surface area contributed by atoms with Gasteiger partial charge >= 0.3 is 0 Å². The fourth-order valence-corrected chi connectivity index (χ4v) is 3.62. The minimum absolute atomic E-state index is 0. The van der Waals surface area contributed by atoms with Crippen LogP contribution in [0, 0.1) is 11.3 Å². The van der Waals surface area contributed by atoms with Crippen molar-refractivity contribution in [1.29, 1.82) is 0 Å². The molecule has 1 unspecified atom stereocenters. The van der Waals surface area contributed by atoms with Crippen LogP contribution in [-0.4, -0.2) is 29.0 Å². The quantitative estimate of drug-likeness (QED) is 0.898. The van der Waals surface area contributed by atoms with Crippen LogP contribution in [0.15, 0.2) is 43.0 Å². The monoisotopic (exact) mass is 344 g/mol. The van der Waals surface area contributed by atoms with Crippen molar-refractivity contribution in [3.8, 4) is 11.1 Å². The molecule has 1 amide bonds. The van der Waals surface area contributed by atoms with Crippen LogP contribution in [0.3, 0.4) is 0 Å². The van der Waals surface area contributed by atoms with Crippen molar-refractivity contribution in [3.63, 3.8) is 0 Å². The molecule has 1 saturated heterocycles. The number of hydrogen-bond donors (Lipinski definition) is 2. The van der Waals surface area contributed by atoms with E-state index in [9.17, 15) is 4.79 Å². The van der Waals surface area contributed by atoms with Gasteiger partial charge in [-0.15, -0.1) is 12.4 Å². The number of piperidine rings is 1. The van der Waals surface area contributed by atoms with Gasteiger partial charge in [0.05, 0.1) is 0 Å². The minimum Gasteiger partial charge on any atom is -0.326 e. The first-order valence-corrected chi connectivity index (χ1v) is 8.14. The van der Waals surface area contributed by atoms with Crippen molar-refractivity contribution in [1.82, 2.24) is 15.3 Å². The molecule has 1 atom stereocenters. The van der Waals surface area contributed by atoms with Crippen molar-refractivity contribution >= 4 is 24.0 Å². The maximum Gasteiger partial charge on any atom is 0.228 e. The molecular formula is C18H21ClN4O. The molecule has 2 heterocycles. The fourth-order valence-electron chi connectivity index (χ4n) is 3.62. The Balaban J connectivity index is 0.00000169. The maximum absolute atomic E-state index is 12.5. The third kappa shape index (κ3) is 3.28. The molecule has 2 aromatic rings. The van der Waals surface area contributed by atoms with Gasteiger partial charge in [-0.1, -0.05) is 12.1 Å². The van der Waals surface area contributed by atoms with E-state index in [1.165, 1.54) is 6.33 Å². The van der Waals surface area contributed by atoms with E-state index >= 15 is 0 Å². The lowest BCUT2D eigenvalue weighted by Crippen LogP contribution is -2.31. The molecule has 1 aromatic carbocycles. The Hall–Kier alpha value is -1.98. The zero-order chi connectivity index (χ0) is 15.7. The van der Waals surface area contributed by atoms with E-state index in [0.29, 0.717) is 0 Å². The third-order valence-corrected chi connectivity index (χ3v) is 5.15. The van der Waals surface area contributed by atoms with Crippen molar-refractivity contribution in [2.24, 2.45) is 11.3 Å². The minimum atomic E-state index is 0. The number of carbonyl (C=O) groups excluding carboxylic acids is 1. The summed E-state index contributed by atoms with van der Waals surface area (Å²) in [5, 5.41) is 6.43. The van der Waals surface area contributed by atoms with Crippen LogP contribution in [0.25, 0.3) is 11.1 Å². The van der Waals surface area contributed by atoms with Crippen molar-refractivity contribution in [3.05, 3.63) is 43.0 Å². The number of carbonyl (C=O) groups is 1. The molecule has 0 bridgehead atoms. The van der Waals surface area contributed by atoms with E-state index < -0.39 is 0 Å². The predicted molar refractivity (Wildman–Crippen MR) is 96.0 cm³/mol. The lowest BCUT2D eigenvalue weighted by Gasteiger charge is -2.23. The summed E-state index contributed by atoms with van der Waals surface area (Å²) in [6.45, 7) is 2.08. The predicted octanol–water partition coefficient (Wildman–Crippen LogP) is 2.89. The summed E-state index contributed by atoms with van der Waals surface area (Å²) in [5.41, 5.74) is 3.15.